The van der Waals surface area contributed by atoms with Crippen LogP contribution >= 0.6 is 0 Å². The van der Waals surface area contributed by atoms with Gasteiger partial charge in [0.2, 0.25) is 5.91 Å². The SMILES string of the molecule is COc1ccc2ccnc(-c3cccc4c(C[C@H](NC(=O)C5(C(F)(F)F)CCN(CC(F)(F)F)CC5)C(=O)O)cccc34)c2c1. The van der Waals surface area contributed by atoms with E-state index in [1.54, 1.807) is 37.6 Å². The predicted molar refractivity (Wildman–Crippen MR) is 155 cm³/mol. The largest absolute Gasteiger partial charge is 0.497 e. The average molecular weight is 634 g/mol. The van der Waals surface area contributed by atoms with E-state index in [1.807, 2.05) is 36.4 Å². The third-order valence-electron chi connectivity index (χ3n) is 8.36. The number of methoxy groups -OCH3 is 1. The van der Waals surface area contributed by atoms with Gasteiger partial charge in [-0.1, -0.05) is 42.5 Å². The summed E-state index contributed by atoms with van der Waals surface area (Å²) >= 11 is 0. The molecule has 1 atom stereocenters. The van der Waals surface area contributed by atoms with Gasteiger partial charge in [0, 0.05) is 23.6 Å². The molecule has 1 aromatic heterocycles. The van der Waals surface area contributed by atoms with Gasteiger partial charge in [0.25, 0.3) is 0 Å². The van der Waals surface area contributed by atoms with Crippen molar-refractivity contribution >= 4 is 33.4 Å². The Morgan fingerprint density at radius 3 is 2.31 bits per heavy atom. The van der Waals surface area contributed by atoms with Gasteiger partial charge in [-0.15, -0.1) is 0 Å². The summed E-state index contributed by atoms with van der Waals surface area (Å²) in [6.45, 7) is -2.64. The van der Waals surface area contributed by atoms with Crippen LogP contribution in [0, 0.1) is 5.41 Å². The predicted octanol–water partition coefficient (Wildman–Crippen LogP) is 6.38. The Morgan fingerprint density at radius 2 is 1.67 bits per heavy atom. The van der Waals surface area contributed by atoms with Crippen LogP contribution in [-0.4, -0.2) is 72.0 Å². The normalized spacial score (nSPS) is 16.4. The lowest BCUT2D eigenvalue weighted by atomic mass is 9.76. The Hall–Kier alpha value is -4.39. The van der Waals surface area contributed by atoms with E-state index in [1.165, 1.54) is 0 Å². The Labute approximate surface area is 253 Å². The van der Waals surface area contributed by atoms with E-state index >= 15 is 0 Å². The fourth-order valence-corrected chi connectivity index (χ4v) is 5.95. The van der Waals surface area contributed by atoms with Crippen LogP contribution in [0.3, 0.4) is 0 Å². The molecule has 1 saturated heterocycles. The number of ether oxygens (including phenoxy) is 1. The molecule has 0 bridgehead atoms. The van der Waals surface area contributed by atoms with Crippen LogP contribution in [-0.2, 0) is 16.0 Å². The minimum atomic E-state index is -5.10. The highest BCUT2D eigenvalue weighted by Gasteiger charge is 2.61. The van der Waals surface area contributed by atoms with Crippen LogP contribution in [0.15, 0.2) is 66.9 Å². The maximum atomic E-state index is 14.3. The van der Waals surface area contributed by atoms with Crippen LogP contribution in [0.25, 0.3) is 32.8 Å². The number of carboxylic acids is 1. The average Bonchev–Trinajstić information content (AvgIpc) is 2.99. The first kappa shape index (κ1) is 32.0. The molecule has 238 valence electrons. The van der Waals surface area contributed by atoms with Crippen LogP contribution in [0.2, 0.25) is 0 Å². The quantitative estimate of drug-likeness (QED) is 0.219. The number of fused-ring (bicyclic) bond motifs is 2. The van der Waals surface area contributed by atoms with Gasteiger partial charge in [-0.3, -0.25) is 14.7 Å². The molecule has 1 aliphatic heterocycles. The minimum Gasteiger partial charge on any atom is -0.497 e. The standard InChI is InChI=1S/C32H29F6N3O4/c1-45-21-9-8-19-10-13-39-27(25(19)17-21)24-7-3-5-22-20(4-2-6-23(22)24)16-26(28(42)43)40-29(44)30(32(36,37)38)11-14-41(15-12-30)18-31(33,34)35/h2-10,13,17,26H,11-12,14-16,18H2,1H3,(H,40,44)(H,42,43)/t26-/m0/s1. The molecule has 2 heterocycles. The van der Waals surface area contributed by atoms with Gasteiger partial charge in [0.05, 0.1) is 19.3 Å². The van der Waals surface area contributed by atoms with Crippen LogP contribution in [0.5, 0.6) is 5.75 Å². The summed E-state index contributed by atoms with van der Waals surface area (Å²) in [5.41, 5.74) is -1.19. The van der Waals surface area contributed by atoms with Crippen molar-refractivity contribution in [3.05, 3.63) is 72.4 Å². The lowest BCUT2D eigenvalue weighted by molar-refractivity contribution is -0.236. The van der Waals surface area contributed by atoms with Crippen molar-refractivity contribution < 1.29 is 45.8 Å². The number of pyridine rings is 1. The van der Waals surface area contributed by atoms with E-state index < -0.39 is 68.2 Å². The van der Waals surface area contributed by atoms with Crippen LogP contribution in [0.4, 0.5) is 26.3 Å². The zero-order valence-electron chi connectivity index (χ0n) is 24.0. The molecule has 7 nitrogen and oxygen atoms in total. The number of alkyl halides is 6. The monoisotopic (exact) mass is 633 g/mol. The number of halogens is 6. The number of nitrogens with one attached hydrogen (secondary N) is 1. The molecular weight excluding hydrogens is 604 g/mol. The molecule has 3 aromatic carbocycles. The molecule has 13 heteroatoms. The summed E-state index contributed by atoms with van der Waals surface area (Å²) < 4.78 is 86.7. The van der Waals surface area contributed by atoms with E-state index in [-0.39, 0.29) is 6.42 Å². The summed E-state index contributed by atoms with van der Waals surface area (Å²) in [6, 6.07) is 16.1. The highest BCUT2D eigenvalue weighted by Crippen LogP contribution is 2.47. The second-order valence-electron chi connectivity index (χ2n) is 11.1. The Balaban J connectivity index is 1.45. The summed E-state index contributed by atoms with van der Waals surface area (Å²) in [5, 5.41) is 15.1. The number of aliphatic carboxylic acids is 1. The number of amides is 1. The maximum Gasteiger partial charge on any atom is 0.403 e. The third kappa shape index (κ3) is 6.53. The van der Waals surface area contributed by atoms with Crippen molar-refractivity contribution in [1.82, 2.24) is 15.2 Å². The molecule has 4 aromatic rings. The summed E-state index contributed by atoms with van der Waals surface area (Å²) in [6.07, 6.45) is -10.2. The van der Waals surface area contributed by atoms with Crippen molar-refractivity contribution in [1.29, 1.82) is 0 Å². The van der Waals surface area contributed by atoms with Gasteiger partial charge >= 0.3 is 18.3 Å². The molecular formula is C32H29F6N3O4. The maximum absolute atomic E-state index is 14.3. The lowest BCUT2D eigenvalue weighted by Gasteiger charge is -2.42. The fraction of sp³-hybridized carbons (Fsp3) is 0.344. The van der Waals surface area contributed by atoms with Crippen molar-refractivity contribution in [3.63, 3.8) is 0 Å². The van der Waals surface area contributed by atoms with Crippen molar-refractivity contribution in [2.75, 3.05) is 26.7 Å². The molecule has 0 spiro atoms. The topological polar surface area (TPSA) is 91.8 Å². The van der Waals surface area contributed by atoms with E-state index in [4.69, 9.17) is 4.74 Å². The van der Waals surface area contributed by atoms with Crippen molar-refractivity contribution in [3.8, 4) is 17.0 Å². The minimum absolute atomic E-state index is 0.340. The molecule has 0 unspecified atom stereocenters. The number of piperidine rings is 1. The Bertz CT molecular complexity index is 1730. The number of carboxylic acid groups (broad SMARTS) is 1. The van der Waals surface area contributed by atoms with E-state index in [0.29, 0.717) is 27.8 Å². The Kier molecular flexibility index (Phi) is 8.67. The number of benzene rings is 3. The van der Waals surface area contributed by atoms with Gasteiger partial charge < -0.3 is 15.2 Å². The Morgan fingerprint density at radius 1 is 0.978 bits per heavy atom. The number of nitrogens with zero attached hydrogens (tertiary/aromatic N) is 2. The zero-order chi connectivity index (χ0) is 32.6. The zero-order valence-corrected chi connectivity index (χ0v) is 24.0. The summed E-state index contributed by atoms with van der Waals surface area (Å²) in [7, 11) is 1.55. The van der Waals surface area contributed by atoms with E-state index in [0.717, 1.165) is 21.2 Å². The third-order valence-corrected chi connectivity index (χ3v) is 8.36. The smallest absolute Gasteiger partial charge is 0.403 e. The first-order valence-electron chi connectivity index (χ1n) is 14.1. The molecule has 5 rings (SSSR count). The second-order valence-corrected chi connectivity index (χ2v) is 11.1. The lowest BCUT2D eigenvalue weighted by Crippen LogP contribution is -2.59. The molecule has 1 fully saturated rings. The molecule has 1 aliphatic rings. The number of aromatic nitrogens is 1. The molecule has 0 radical (unpaired) electrons. The van der Waals surface area contributed by atoms with Gasteiger partial charge in [0.15, 0.2) is 0 Å². The van der Waals surface area contributed by atoms with Crippen LogP contribution < -0.4 is 10.1 Å². The second kappa shape index (κ2) is 12.2. The van der Waals surface area contributed by atoms with Crippen molar-refractivity contribution in [2.24, 2.45) is 5.41 Å². The molecule has 45 heavy (non-hydrogen) atoms. The number of hydrogen-bond donors (Lipinski definition) is 2. The number of rotatable bonds is 8. The summed E-state index contributed by atoms with van der Waals surface area (Å²) in [5.74, 6) is -2.49. The molecule has 2 N–H and O–H groups in total. The highest BCUT2D eigenvalue weighted by atomic mass is 19.4. The van der Waals surface area contributed by atoms with Crippen molar-refractivity contribution in [2.45, 2.75) is 37.7 Å². The van der Waals surface area contributed by atoms with E-state index in [2.05, 4.69) is 10.3 Å². The first-order chi connectivity index (χ1) is 21.2. The number of carbonyl (C=O) groups excluding carboxylic acids is 1. The fourth-order valence-electron chi connectivity index (χ4n) is 5.95. The molecule has 0 aliphatic carbocycles. The van der Waals surface area contributed by atoms with Gasteiger partial charge in [0.1, 0.15) is 17.2 Å². The number of hydrogen-bond acceptors (Lipinski definition) is 5. The molecule has 0 saturated carbocycles. The van der Waals surface area contributed by atoms with Gasteiger partial charge in [-0.2, -0.15) is 26.3 Å². The number of likely N-dealkylation sites (tertiary alicyclic amines) is 1. The van der Waals surface area contributed by atoms with Gasteiger partial charge in [-0.05, 0) is 65.9 Å². The van der Waals surface area contributed by atoms with E-state index in [9.17, 15) is 41.0 Å². The highest BCUT2D eigenvalue weighted by molar-refractivity contribution is 6.05. The summed E-state index contributed by atoms with van der Waals surface area (Å²) in [4.78, 5) is 30.8. The number of carbonyl (C=O) groups is 2. The molecule has 1 amide bonds. The first-order valence-corrected chi connectivity index (χ1v) is 14.1. The van der Waals surface area contributed by atoms with Gasteiger partial charge in [-0.25, -0.2) is 4.79 Å². The van der Waals surface area contributed by atoms with Crippen LogP contribution in [0.1, 0.15) is 18.4 Å².